The van der Waals surface area contributed by atoms with E-state index in [1.807, 2.05) is 21.1 Å². The fraction of sp³-hybridized carbons (Fsp3) is 0.743. The number of rotatable bonds is 60. The first-order valence-electron chi connectivity index (χ1n) is 33.0. The van der Waals surface area contributed by atoms with E-state index < -0.39 is 26.5 Å². The molecule has 0 aromatic heterocycles. The molecule has 0 aliphatic carbocycles. The average Bonchev–Trinajstić information content (AvgIpc) is 3.42. The summed E-state index contributed by atoms with van der Waals surface area (Å²) in [7, 11) is 1.48. The molecule has 0 radical (unpaired) electrons. The van der Waals surface area contributed by atoms with E-state index in [0.29, 0.717) is 17.4 Å². The number of hydrogen-bond donors (Lipinski definition) is 1. The van der Waals surface area contributed by atoms with Gasteiger partial charge in [0.15, 0.2) is 6.10 Å². The molecule has 0 saturated carbocycles. The molecular weight excluding hydrogens is 1010 g/mol. The zero-order chi connectivity index (χ0) is 58.4. The Hall–Kier alpha value is -3.07. The van der Waals surface area contributed by atoms with Crippen LogP contribution in [-0.4, -0.2) is 74.9 Å². The van der Waals surface area contributed by atoms with Crippen molar-refractivity contribution in [3.63, 3.8) is 0 Å². The van der Waals surface area contributed by atoms with Crippen LogP contribution in [0.3, 0.4) is 0 Å². The molecular formula is C70H125NO8P+. The predicted octanol–water partition coefficient (Wildman–Crippen LogP) is 21.2. The number of ether oxygens (including phenoxy) is 2. The Morgan fingerprint density at radius 2 is 0.713 bits per heavy atom. The highest BCUT2D eigenvalue weighted by atomic mass is 31.2. The number of quaternary nitrogens is 1. The Kier molecular flexibility index (Phi) is 58.2. The summed E-state index contributed by atoms with van der Waals surface area (Å²) in [6.07, 6.45) is 83.5. The molecule has 0 aliphatic heterocycles. The molecule has 0 fully saturated rings. The van der Waals surface area contributed by atoms with Gasteiger partial charge in [0.25, 0.3) is 0 Å². The molecule has 462 valence electrons. The molecule has 0 saturated heterocycles. The third kappa shape index (κ3) is 64.1. The molecule has 0 bridgehead atoms. The summed E-state index contributed by atoms with van der Waals surface area (Å²) in [6.45, 7) is 4.35. The number of allylic oxidation sites excluding steroid dienone is 16. The first-order chi connectivity index (χ1) is 39.0. The first kappa shape index (κ1) is 76.9. The van der Waals surface area contributed by atoms with E-state index in [4.69, 9.17) is 18.5 Å². The third-order valence-electron chi connectivity index (χ3n) is 14.1. The Labute approximate surface area is 493 Å². The number of phosphoric ester groups is 1. The van der Waals surface area contributed by atoms with Crippen LogP contribution in [0.25, 0.3) is 0 Å². The van der Waals surface area contributed by atoms with Crippen LogP contribution in [0.1, 0.15) is 284 Å². The second-order valence-electron chi connectivity index (χ2n) is 23.1. The van der Waals surface area contributed by atoms with Crippen molar-refractivity contribution in [1.82, 2.24) is 0 Å². The SMILES string of the molecule is CC/C=C\C/C=C\C/C=C\C/C=C\C/C=C\C/C=C\C/C=C\C/C=C\CCCCCCCCCCCCCCC(=O)OC(COC(=O)CCCCCCCCCCCCCCCCCCCCC)COP(=O)(O)OCC[N+](C)(C)C. The van der Waals surface area contributed by atoms with E-state index in [0.717, 1.165) is 89.9 Å². The van der Waals surface area contributed by atoms with E-state index in [1.54, 1.807) is 0 Å². The zero-order valence-corrected chi connectivity index (χ0v) is 53.4. The topological polar surface area (TPSA) is 108 Å². The molecule has 9 nitrogen and oxygen atoms in total. The van der Waals surface area contributed by atoms with Gasteiger partial charge in [-0.25, -0.2) is 4.57 Å². The lowest BCUT2D eigenvalue weighted by Gasteiger charge is -2.24. The number of likely N-dealkylation sites (N-methyl/N-ethyl adjacent to an activating group) is 1. The van der Waals surface area contributed by atoms with E-state index >= 15 is 0 Å². The highest BCUT2D eigenvalue weighted by molar-refractivity contribution is 7.47. The third-order valence-corrected chi connectivity index (χ3v) is 15.1. The van der Waals surface area contributed by atoms with Gasteiger partial charge >= 0.3 is 19.8 Å². The highest BCUT2D eigenvalue weighted by Gasteiger charge is 2.27. The zero-order valence-electron chi connectivity index (χ0n) is 52.5. The normalized spacial score (nSPS) is 13.8. The lowest BCUT2D eigenvalue weighted by molar-refractivity contribution is -0.870. The number of carbonyl (C=O) groups excluding carboxylic acids is 2. The summed E-state index contributed by atoms with van der Waals surface area (Å²) in [5.74, 6) is -0.791. The van der Waals surface area contributed by atoms with Crippen molar-refractivity contribution < 1.29 is 42.1 Å². The van der Waals surface area contributed by atoms with E-state index in [1.165, 1.54) is 161 Å². The van der Waals surface area contributed by atoms with Crippen molar-refractivity contribution in [2.75, 3.05) is 47.5 Å². The van der Waals surface area contributed by atoms with Gasteiger partial charge < -0.3 is 18.9 Å². The summed E-state index contributed by atoms with van der Waals surface area (Å²) in [5, 5.41) is 0. The van der Waals surface area contributed by atoms with Crippen LogP contribution in [0.15, 0.2) is 97.2 Å². The summed E-state index contributed by atoms with van der Waals surface area (Å²) in [5.41, 5.74) is 0. The van der Waals surface area contributed by atoms with Crippen LogP contribution in [-0.2, 0) is 32.7 Å². The number of unbranched alkanes of at least 4 members (excludes halogenated alkanes) is 30. The van der Waals surface area contributed by atoms with Gasteiger partial charge in [0.2, 0.25) is 0 Å². The largest absolute Gasteiger partial charge is 0.472 e. The number of hydrogen-bond acceptors (Lipinski definition) is 7. The summed E-state index contributed by atoms with van der Waals surface area (Å²) < 4.78 is 34.7. The molecule has 2 unspecified atom stereocenters. The van der Waals surface area contributed by atoms with Crippen molar-refractivity contribution in [2.45, 2.75) is 290 Å². The summed E-state index contributed by atoms with van der Waals surface area (Å²) >= 11 is 0. The van der Waals surface area contributed by atoms with Gasteiger partial charge in [0.05, 0.1) is 27.7 Å². The lowest BCUT2D eigenvalue weighted by Crippen LogP contribution is -2.37. The molecule has 0 rings (SSSR count). The molecule has 0 spiro atoms. The van der Waals surface area contributed by atoms with Gasteiger partial charge in [0.1, 0.15) is 19.8 Å². The van der Waals surface area contributed by atoms with Crippen molar-refractivity contribution in [3.05, 3.63) is 97.2 Å². The Morgan fingerprint density at radius 1 is 0.400 bits per heavy atom. The van der Waals surface area contributed by atoms with Crippen LogP contribution in [0.4, 0.5) is 0 Å². The van der Waals surface area contributed by atoms with Crippen molar-refractivity contribution >= 4 is 19.8 Å². The summed E-state index contributed by atoms with van der Waals surface area (Å²) in [4.78, 5) is 35.8. The lowest BCUT2D eigenvalue weighted by atomic mass is 10.0. The Bertz CT molecular complexity index is 1670. The van der Waals surface area contributed by atoms with Gasteiger partial charge in [-0.3, -0.25) is 18.6 Å². The van der Waals surface area contributed by atoms with Gasteiger partial charge in [-0.05, 0) is 77.0 Å². The van der Waals surface area contributed by atoms with Crippen LogP contribution in [0, 0.1) is 0 Å². The van der Waals surface area contributed by atoms with Gasteiger partial charge in [-0.1, -0.05) is 291 Å². The minimum Gasteiger partial charge on any atom is -0.462 e. The highest BCUT2D eigenvalue weighted by Crippen LogP contribution is 2.43. The van der Waals surface area contributed by atoms with E-state index in [9.17, 15) is 19.0 Å². The van der Waals surface area contributed by atoms with Crippen LogP contribution in [0.2, 0.25) is 0 Å². The minimum absolute atomic E-state index is 0.0297. The molecule has 0 aromatic rings. The van der Waals surface area contributed by atoms with Gasteiger partial charge in [-0.2, -0.15) is 0 Å². The smallest absolute Gasteiger partial charge is 0.462 e. The molecule has 1 N–H and O–H groups in total. The number of esters is 2. The molecule has 0 amide bonds. The fourth-order valence-corrected chi connectivity index (χ4v) is 9.83. The van der Waals surface area contributed by atoms with Crippen LogP contribution >= 0.6 is 7.82 Å². The molecule has 0 heterocycles. The first-order valence-corrected chi connectivity index (χ1v) is 34.5. The number of nitrogens with zero attached hydrogens (tertiary/aromatic N) is 1. The summed E-state index contributed by atoms with van der Waals surface area (Å²) in [6, 6.07) is 0. The van der Waals surface area contributed by atoms with Crippen molar-refractivity contribution in [1.29, 1.82) is 0 Å². The van der Waals surface area contributed by atoms with Gasteiger partial charge in [0, 0.05) is 12.8 Å². The Morgan fingerprint density at radius 3 is 1.06 bits per heavy atom. The van der Waals surface area contributed by atoms with Gasteiger partial charge in [-0.15, -0.1) is 0 Å². The molecule has 10 heteroatoms. The second kappa shape index (κ2) is 60.5. The van der Waals surface area contributed by atoms with Crippen molar-refractivity contribution in [3.8, 4) is 0 Å². The van der Waals surface area contributed by atoms with Crippen LogP contribution < -0.4 is 0 Å². The number of carbonyl (C=O) groups is 2. The molecule has 80 heavy (non-hydrogen) atoms. The maximum atomic E-state index is 12.9. The molecule has 0 aliphatic rings. The van der Waals surface area contributed by atoms with E-state index in [-0.39, 0.29) is 32.0 Å². The quantitative estimate of drug-likeness (QED) is 0.0211. The predicted molar refractivity (Wildman–Crippen MR) is 344 cm³/mol. The maximum absolute atomic E-state index is 12.9. The second-order valence-corrected chi connectivity index (χ2v) is 24.6. The molecule has 0 aromatic carbocycles. The Balaban J connectivity index is 4.07. The van der Waals surface area contributed by atoms with E-state index in [2.05, 4.69) is 111 Å². The monoisotopic (exact) mass is 1140 g/mol. The standard InChI is InChI=1S/C70H124NO8P/c1-6-8-10-12-14-16-18-20-22-24-26-27-28-29-30-31-32-33-34-35-36-37-38-39-40-41-42-43-45-47-49-51-53-55-57-59-61-63-70(73)79-68(67-78-80(74,75)77-65-64-71(3,4)5)66-76-69(72)62-60-58-56-54-52-50-48-46-44-25-23-21-19-17-15-13-11-9-7-2/h8,10,14,16,20,22,26-27,29-30,32-33,35-36,38-39,68H,6-7,9,11-13,15,17-19,21,23-25,28,31,34,37,40-67H2,1-5H3/p+1/b10-8-,16-14-,22-20-,27-26-,30-29-,33-32-,36-35-,39-38-. The van der Waals surface area contributed by atoms with Crippen molar-refractivity contribution in [2.24, 2.45) is 0 Å². The van der Waals surface area contributed by atoms with Crippen LogP contribution in [0.5, 0.6) is 0 Å². The molecule has 2 atom stereocenters. The minimum atomic E-state index is -4.39. The number of phosphoric acid groups is 1. The average molecular weight is 1140 g/mol. The maximum Gasteiger partial charge on any atom is 0.472 e. The fourth-order valence-electron chi connectivity index (χ4n) is 9.09.